The van der Waals surface area contributed by atoms with Crippen LogP contribution in [0.3, 0.4) is 0 Å². The van der Waals surface area contributed by atoms with Crippen molar-refractivity contribution >= 4 is 31.4 Å². The van der Waals surface area contributed by atoms with Crippen LogP contribution < -0.4 is 0 Å². The highest BCUT2D eigenvalue weighted by atomic mass is 32.2. The third-order valence-corrected chi connectivity index (χ3v) is 6.15. The van der Waals surface area contributed by atoms with E-state index in [0.29, 0.717) is 16.2 Å². The zero-order valence-electron chi connectivity index (χ0n) is 13.0. The van der Waals surface area contributed by atoms with Crippen LogP contribution in [0.4, 0.5) is 0 Å². The monoisotopic (exact) mass is 350 g/mol. The molecule has 0 heterocycles. The van der Waals surface area contributed by atoms with Crippen molar-refractivity contribution in [2.45, 2.75) is 9.79 Å². The molecule has 0 aromatic heterocycles. The van der Waals surface area contributed by atoms with E-state index >= 15 is 0 Å². The largest absolute Gasteiger partial charge is 0.504 e. The highest BCUT2D eigenvalue weighted by Crippen LogP contribution is 2.42. The van der Waals surface area contributed by atoms with Crippen LogP contribution >= 0.6 is 0 Å². The normalized spacial score (nSPS) is 11.8. The van der Waals surface area contributed by atoms with Gasteiger partial charge in [-0.3, -0.25) is 0 Å². The van der Waals surface area contributed by atoms with E-state index < -0.39 is 21.3 Å². The van der Waals surface area contributed by atoms with Crippen LogP contribution in [0.2, 0.25) is 0 Å². The quantitative estimate of drug-likeness (QED) is 0.530. The maximum Gasteiger partial charge on any atom is 0.211 e. The van der Waals surface area contributed by atoms with Crippen LogP contribution in [-0.4, -0.2) is 18.6 Å². The molecule has 4 rings (SSSR count). The lowest BCUT2D eigenvalue weighted by Crippen LogP contribution is -2.04. The highest BCUT2D eigenvalue weighted by Gasteiger charge is 2.28. The molecule has 0 fully saturated rings. The van der Waals surface area contributed by atoms with Gasteiger partial charge in [0.2, 0.25) is 9.84 Å². The summed E-state index contributed by atoms with van der Waals surface area (Å²) in [5.41, 5.74) is 0. The molecule has 4 aromatic rings. The summed E-state index contributed by atoms with van der Waals surface area (Å²) in [5.74, 6) is -1.09. The Labute approximate surface area is 144 Å². The van der Waals surface area contributed by atoms with Gasteiger partial charge in [0.1, 0.15) is 4.90 Å². The summed E-state index contributed by atoms with van der Waals surface area (Å²) < 4.78 is 26.7. The van der Waals surface area contributed by atoms with Crippen molar-refractivity contribution in [3.8, 4) is 11.5 Å². The van der Waals surface area contributed by atoms with Crippen molar-refractivity contribution in [3.05, 3.63) is 72.8 Å². The average molecular weight is 350 g/mol. The minimum Gasteiger partial charge on any atom is -0.504 e. The van der Waals surface area contributed by atoms with E-state index in [1.54, 1.807) is 42.5 Å². The van der Waals surface area contributed by atoms with Gasteiger partial charge >= 0.3 is 0 Å². The standard InChI is InChI=1S/C20H14O4S/c21-17-12-14-7-2-4-10-16(14)20(19(17)22)25(23,24)18-11-5-8-13-6-1-3-9-15(13)18/h1-12,21-22H. The van der Waals surface area contributed by atoms with E-state index in [0.717, 1.165) is 5.39 Å². The fourth-order valence-electron chi connectivity index (χ4n) is 3.10. The van der Waals surface area contributed by atoms with Crippen molar-refractivity contribution in [1.82, 2.24) is 0 Å². The van der Waals surface area contributed by atoms with Crippen molar-refractivity contribution in [2.75, 3.05) is 0 Å². The molecule has 0 saturated carbocycles. The van der Waals surface area contributed by atoms with Crippen LogP contribution in [-0.2, 0) is 9.84 Å². The van der Waals surface area contributed by atoms with E-state index in [2.05, 4.69) is 0 Å². The Balaban J connectivity index is 2.14. The van der Waals surface area contributed by atoms with Crippen LogP contribution in [0, 0.1) is 0 Å². The van der Waals surface area contributed by atoms with Crippen LogP contribution in [0.25, 0.3) is 21.5 Å². The minimum atomic E-state index is -4.06. The van der Waals surface area contributed by atoms with Gasteiger partial charge in [0.05, 0.1) is 4.90 Å². The molecule has 124 valence electrons. The molecule has 0 unspecified atom stereocenters. The van der Waals surface area contributed by atoms with E-state index in [4.69, 9.17) is 0 Å². The summed E-state index contributed by atoms with van der Waals surface area (Å²) in [7, 11) is -4.06. The van der Waals surface area contributed by atoms with E-state index in [-0.39, 0.29) is 9.79 Å². The fraction of sp³-hybridized carbons (Fsp3) is 0. The molecule has 0 atom stereocenters. The second-order valence-electron chi connectivity index (χ2n) is 5.78. The lowest BCUT2D eigenvalue weighted by Gasteiger charge is -2.13. The summed E-state index contributed by atoms with van der Waals surface area (Å²) in [6.07, 6.45) is 0. The molecule has 0 radical (unpaired) electrons. The molecule has 0 amide bonds. The van der Waals surface area contributed by atoms with Gasteiger partial charge in [0.25, 0.3) is 0 Å². The molecule has 25 heavy (non-hydrogen) atoms. The van der Waals surface area contributed by atoms with Gasteiger partial charge in [0.15, 0.2) is 11.5 Å². The molecular formula is C20H14O4S. The molecule has 0 aliphatic heterocycles. The zero-order valence-corrected chi connectivity index (χ0v) is 13.9. The summed E-state index contributed by atoms with van der Waals surface area (Å²) in [5, 5.41) is 22.6. The Bertz CT molecular complexity index is 1220. The predicted octanol–water partition coefficient (Wildman–Crippen LogP) is 4.24. The number of hydrogen-bond acceptors (Lipinski definition) is 4. The molecule has 4 nitrogen and oxygen atoms in total. The smallest absolute Gasteiger partial charge is 0.211 e. The molecule has 0 aliphatic carbocycles. The third kappa shape index (κ3) is 2.32. The maximum atomic E-state index is 13.4. The Kier molecular flexibility index (Phi) is 3.40. The first-order chi connectivity index (χ1) is 12.0. The number of hydrogen-bond donors (Lipinski definition) is 2. The Morgan fingerprint density at radius 1 is 0.680 bits per heavy atom. The lowest BCUT2D eigenvalue weighted by atomic mass is 10.1. The highest BCUT2D eigenvalue weighted by molar-refractivity contribution is 7.92. The fourth-order valence-corrected chi connectivity index (χ4v) is 4.89. The van der Waals surface area contributed by atoms with Gasteiger partial charge in [-0.2, -0.15) is 0 Å². The third-order valence-electron chi connectivity index (χ3n) is 4.26. The summed E-state index contributed by atoms with van der Waals surface area (Å²) in [6, 6.07) is 20.3. The summed E-state index contributed by atoms with van der Waals surface area (Å²) in [6.45, 7) is 0. The molecule has 0 saturated heterocycles. The van der Waals surface area contributed by atoms with Crippen molar-refractivity contribution in [1.29, 1.82) is 0 Å². The summed E-state index contributed by atoms with van der Waals surface area (Å²) in [4.78, 5) is -0.184. The Morgan fingerprint density at radius 3 is 2.04 bits per heavy atom. The van der Waals surface area contributed by atoms with Crippen LogP contribution in [0.1, 0.15) is 0 Å². The Morgan fingerprint density at radius 2 is 1.28 bits per heavy atom. The molecular weight excluding hydrogens is 336 g/mol. The van der Waals surface area contributed by atoms with Gasteiger partial charge in [-0.15, -0.1) is 0 Å². The van der Waals surface area contributed by atoms with Gasteiger partial charge in [0, 0.05) is 10.8 Å². The van der Waals surface area contributed by atoms with Crippen LogP contribution in [0.15, 0.2) is 82.6 Å². The molecule has 5 heteroatoms. The van der Waals surface area contributed by atoms with Crippen molar-refractivity contribution in [3.63, 3.8) is 0 Å². The first kappa shape index (κ1) is 15.5. The van der Waals surface area contributed by atoms with Crippen LogP contribution in [0.5, 0.6) is 11.5 Å². The molecule has 4 aromatic carbocycles. The zero-order chi connectivity index (χ0) is 17.6. The second kappa shape index (κ2) is 5.50. The number of phenolic OH excluding ortho intramolecular Hbond substituents is 2. The second-order valence-corrected chi connectivity index (χ2v) is 7.63. The topological polar surface area (TPSA) is 74.6 Å². The van der Waals surface area contributed by atoms with E-state index in [1.165, 1.54) is 12.1 Å². The first-order valence-electron chi connectivity index (χ1n) is 7.66. The number of phenols is 2. The van der Waals surface area contributed by atoms with Gasteiger partial charge in [-0.25, -0.2) is 8.42 Å². The number of fused-ring (bicyclic) bond motifs is 2. The van der Waals surface area contributed by atoms with Gasteiger partial charge < -0.3 is 10.2 Å². The number of benzene rings is 4. The first-order valence-corrected chi connectivity index (χ1v) is 9.15. The van der Waals surface area contributed by atoms with Gasteiger partial charge in [-0.1, -0.05) is 60.7 Å². The number of rotatable bonds is 2. The number of sulfone groups is 1. The lowest BCUT2D eigenvalue weighted by molar-refractivity contribution is 0.395. The molecule has 0 aliphatic rings. The van der Waals surface area contributed by atoms with Crippen molar-refractivity contribution in [2.24, 2.45) is 0 Å². The Hall–Kier alpha value is -3.05. The summed E-state index contributed by atoms with van der Waals surface area (Å²) >= 11 is 0. The van der Waals surface area contributed by atoms with E-state index in [9.17, 15) is 18.6 Å². The minimum absolute atomic E-state index is 0.0941. The molecule has 2 N–H and O–H groups in total. The SMILES string of the molecule is O=S(=O)(c1cccc2ccccc12)c1c(O)c(O)cc2ccccc12. The number of aromatic hydroxyl groups is 2. The predicted molar refractivity (Wildman–Crippen MR) is 96.7 cm³/mol. The average Bonchev–Trinajstić information content (AvgIpc) is 2.62. The molecule has 0 spiro atoms. The maximum absolute atomic E-state index is 13.4. The van der Waals surface area contributed by atoms with Crippen molar-refractivity contribution < 1.29 is 18.6 Å². The van der Waals surface area contributed by atoms with E-state index in [1.807, 2.05) is 18.2 Å². The van der Waals surface area contributed by atoms with Gasteiger partial charge in [-0.05, 0) is 22.9 Å². The molecule has 0 bridgehead atoms.